The highest BCUT2D eigenvalue weighted by Gasteiger charge is 2.10. The first kappa shape index (κ1) is 17.9. The van der Waals surface area contributed by atoms with Crippen molar-refractivity contribution in [2.75, 3.05) is 7.11 Å². The molecule has 0 aliphatic carbocycles. The van der Waals surface area contributed by atoms with E-state index in [1.807, 2.05) is 84.9 Å². The summed E-state index contributed by atoms with van der Waals surface area (Å²) in [5.74, 6) is 1.48. The average molecular weight is 368 g/mol. The summed E-state index contributed by atoms with van der Waals surface area (Å²) in [6.45, 7) is 0.0242. The van der Waals surface area contributed by atoms with Crippen LogP contribution in [0.1, 0.15) is 5.56 Å². The molecule has 1 heterocycles. The van der Waals surface area contributed by atoms with Crippen molar-refractivity contribution in [1.82, 2.24) is 9.97 Å². The molecule has 0 aliphatic rings. The average Bonchev–Trinajstić information content (AvgIpc) is 2.79. The molecule has 0 saturated carbocycles. The minimum atomic E-state index is 0.0242. The fraction of sp³-hybridized carbons (Fsp3) is 0.0833. The van der Waals surface area contributed by atoms with Crippen LogP contribution in [-0.4, -0.2) is 22.2 Å². The van der Waals surface area contributed by atoms with Crippen LogP contribution < -0.4 is 4.74 Å². The Morgan fingerprint density at radius 1 is 0.714 bits per heavy atom. The molecule has 0 amide bonds. The molecule has 0 saturated heterocycles. The van der Waals surface area contributed by atoms with Gasteiger partial charge in [-0.05, 0) is 35.9 Å². The van der Waals surface area contributed by atoms with Crippen molar-refractivity contribution >= 4 is 0 Å². The topological polar surface area (TPSA) is 55.2 Å². The van der Waals surface area contributed by atoms with E-state index in [1.165, 1.54) is 0 Å². The molecule has 1 aromatic heterocycles. The molecular formula is C24H20N2O2. The van der Waals surface area contributed by atoms with E-state index in [4.69, 9.17) is 14.7 Å². The molecule has 0 bridgehead atoms. The minimum absolute atomic E-state index is 0.0242. The zero-order valence-corrected chi connectivity index (χ0v) is 15.5. The maximum Gasteiger partial charge on any atom is 0.160 e. The van der Waals surface area contributed by atoms with E-state index in [0.29, 0.717) is 5.82 Å². The summed E-state index contributed by atoms with van der Waals surface area (Å²) in [4.78, 5) is 9.59. The molecule has 4 nitrogen and oxygen atoms in total. The Hall–Kier alpha value is -3.50. The highest BCUT2D eigenvalue weighted by Crippen LogP contribution is 2.28. The van der Waals surface area contributed by atoms with Crippen LogP contribution in [0, 0.1) is 0 Å². The second-order valence-electron chi connectivity index (χ2n) is 6.41. The Morgan fingerprint density at radius 3 is 1.82 bits per heavy atom. The van der Waals surface area contributed by atoms with Gasteiger partial charge >= 0.3 is 0 Å². The van der Waals surface area contributed by atoms with Gasteiger partial charge in [0.2, 0.25) is 0 Å². The lowest BCUT2D eigenvalue weighted by Gasteiger charge is -2.10. The number of hydrogen-bond donors (Lipinski definition) is 1. The molecule has 4 rings (SSSR count). The SMILES string of the molecule is COc1ccc(-c2cc(-c3ccc(CO)cc3)nc(-c3ccccc3)n2)cc1. The molecule has 28 heavy (non-hydrogen) atoms. The number of aliphatic hydroxyl groups excluding tert-OH is 1. The van der Waals surface area contributed by atoms with Crippen molar-refractivity contribution in [3.63, 3.8) is 0 Å². The summed E-state index contributed by atoms with van der Waals surface area (Å²) in [5, 5.41) is 9.29. The third kappa shape index (κ3) is 3.77. The van der Waals surface area contributed by atoms with Crippen LogP contribution in [0.25, 0.3) is 33.9 Å². The van der Waals surface area contributed by atoms with Crippen molar-refractivity contribution in [2.45, 2.75) is 6.61 Å². The van der Waals surface area contributed by atoms with E-state index >= 15 is 0 Å². The van der Waals surface area contributed by atoms with E-state index in [-0.39, 0.29) is 6.61 Å². The number of hydrogen-bond acceptors (Lipinski definition) is 4. The van der Waals surface area contributed by atoms with Gasteiger partial charge in [0.25, 0.3) is 0 Å². The molecule has 0 unspecified atom stereocenters. The van der Waals surface area contributed by atoms with Crippen molar-refractivity contribution < 1.29 is 9.84 Å². The van der Waals surface area contributed by atoms with Crippen LogP contribution in [-0.2, 0) is 6.61 Å². The monoisotopic (exact) mass is 368 g/mol. The standard InChI is InChI=1S/C24H20N2O2/c1-28-21-13-11-19(12-14-21)23-15-22(18-9-7-17(16-27)8-10-18)25-24(26-23)20-5-3-2-4-6-20/h2-15,27H,16H2,1H3. The lowest BCUT2D eigenvalue weighted by Crippen LogP contribution is -1.96. The van der Waals surface area contributed by atoms with Crippen molar-refractivity contribution in [3.8, 4) is 39.7 Å². The van der Waals surface area contributed by atoms with Crippen LogP contribution in [0.5, 0.6) is 5.75 Å². The molecule has 0 fully saturated rings. The normalized spacial score (nSPS) is 10.6. The Balaban J connectivity index is 1.84. The molecule has 0 aliphatic heterocycles. The third-order valence-corrected chi connectivity index (χ3v) is 4.58. The van der Waals surface area contributed by atoms with Gasteiger partial charge in [-0.15, -0.1) is 0 Å². The summed E-state index contributed by atoms with van der Waals surface area (Å²) in [6, 6.07) is 27.5. The van der Waals surface area contributed by atoms with Crippen LogP contribution in [0.2, 0.25) is 0 Å². The maximum absolute atomic E-state index is 9.29. The Kier molecular flexibility index (Phi) is 5.13. The number of methoxy groups -OCH3 is 1. The predicted molar refractivity (Wildman–Crippen MR) is 111 cm³/mol. The molecule has 4 heteroatoms. The molecule has 4 aromatic rings. The maximum atomic E-state index is 9.29. The number of ether oxygens (including phenoxy) is 1. The minimum Gasteiger partial charge on any atom is -0.497 e. The molecular weight excluding hydrogens is 348 g/mol. The number of rotatable bonds is 5. The zero-order valence-electron chi connectivity index (χ0n) is 15.5. The number of aromatic nitrogens is 2. The lowest BCUT2D eigenvalue weighted by atomic mass is 10.1. The third-order valence-electron chi connectivity index (χ3n) is 4.58. The van der Waals surface area contributed by atoms with Gasteiger partial charge in [0, 0.05) is 16.7 Å². The molecule has 0 spiro atoms. The number of nitrogens with zero attached hydrogens (tertiary/aromatic N) is 2. The highest BCUT2D eigenvalue weighted by atomic mass is 16.5. The molecule has 3 aromatic carbocycles. The summed E-state index contributed by atoms with van der Waals surface area (Å²) < 4.78 is 5.26. The number of aliphatic hydroxyl groups is 1. The summed E-state index contributed by atoms with van der Waals surface area (Å²) in [6.07, 6.45) is 0. The lowest BCUT2D eigenvalue weighted by molar-refractivity contribution is 0.282. The van der Waals surface area contributed by atoms with E-state index < -0.39 is 0 Å². The first-order valence-corrected chi connectivity index (χ1v) is 9.06. The second-order valence-corrected chi connectivity index (χ2v) is 6.41. The van der Waals surface area contributed by atoms with Crippen LogP contribution in [0.15, 0.2) is 84.9 Å². The predicted octanol–water partition coefficient (Wildman–Crippen LogP) is 4.98. The van der Waals surface area contributed by atoms with Crippen LogP contribution in [0.3, 0.4) is 0 Å². The first-order chi connectivity index (χ1) is 13.8. The Morgan fingerprint density at radius 2 is 1.29 bits per heavy atom. The van der Waals surface area contributed by atoms with Gasteiger partial charge in [-0.25, -0.2) is 9.97 Å². The summed E-state index contributed by atoms with van der Waals surface area (Å²) >= 11 is 0. The Labute approximate surface area is 164 Å². The first-order valence-electron chi connectivity index (χ1n) is 9.06. The van der Waals surface area contributed by atoms with Gasteiger partial charge in [0.15, 0.2) is 5.82 Å². The van der Waals surface area contributed by atoms with Crippen molar-refractivity contribution in [3.05, 3.63) is 90.5 Å². The smallest absolute Gasteiger partial charge is 0.160 e. The zero-order chi connectivity index (χ0) is 19.3. The van der Waals surface area contributed by atoms with E-state index in [2.05, 4.69) is 0 Å². The van der Waals surface area contributed by atoms with E-state index in [9.17, 15) is 5.11 Å². The van der Waals surface area contributed by atoms with Gasteiger partial charge < -0.3 is 9.84 Å². The fourth-order valence-corrected chi connectivity index (χ4v) is 3.00. The molecule has 1 N–H and O–H groups in total. The quantitative estimate of drug-likeness (QED) is 0.540. The van der Waals surface area contributed by atoms with Gasteiger partial charge in [0.05, 0.1) is 25.1 Å². The summed E-state index contributed by atoms with van der Waals surface area (Å²) in [7, 11) is 1.65. The highest BCUT2D eigenvalue weighted by molar-refractivity contribution is 5.72. The van der Waals surface area contributed by atoms with Gasteiger partial charge in [-0.3, -0.25) is 0 Å². The van der Waals surface area contributed by atoms with Crippen LogP contribution >= 0.6 is 0 Å². The molecule has 0 atom stereocenters. The fourth-order valence-electron chi connectivity index (χ4n) is 3.00. The molecule has 138 valence electrons. The summed E-state index contributed by atoms with van der Waals surface area (Å²) in [5.41, 5.74) is 5.49. The molecule has 0 radical (unpaired) electrons. The number of benzene rings is 3. The second kappa shape index (κ2) is 8.03. The van der Waals surface area contributed by atoms with E-state index in [0.717, 1.165) is 39.4 Å². The van der Waals surface area contributed by atoms with Crippen molar-refractivity contribution in [2.24, 2.45) is 0 Å². The van der Waals surface area contributed by atoms with Crippen LogP contribution in [0.4, 0.5) is 0 Å². The van der Waals surface area contributed by atoms with E-state index in [1.54, 1.807) is 7.11 Å². The van der Waals surface area contributed by atoms with Gasteiger partial charge in [0.1, 0.15) is 5.75 Å². The van der Waals surface area contributed by atoms with Gasteiger partial charge in [-0.2, -0.15) is 0 Å². The van der Waals surface area contributed by atoms with Crippen molar-refractivity contribution in [1.29, 1.82) is 0 Å². The largest absolute Gasteiger partial charge is 0.497 e. The van der Waals surface area contributed by atoms with Gasteiger partial charge in [-0.1, -0.05) is 54.6 Å². The Bertz CT molecular complexity index is 994.